The highest BCUT2D eigenvalue weighted by Crippen LogP contribution is 2.17. The van der Waals surface area contributed by atoms with Crippen molar-refractivity contribution >= 4 is 30.6 Å². The Bertz CT molecular complexity index is 767. The number of benzene rings is 1. The fourth-order valence-corrected chi connectivity index (χ4v) is 2.55. The second-order valence-electron chi connectivity index (χ2n) is 3.53. The summed E-state index contributed by atoms with van der Waals surface area (Å²) in [5.41, 5.74) is -0.368. The molecule has 1 aromatic carbocycles. The molecule has 17 heavy (non-hydrogen) atoms. The molecule has 1 heterocycles. The van der Waals surface area contributed by atoms with Gasteiger partial charge < -0.3 is 4.57 Å². The molecule has 7 heteroatoms. The second kappa shape index (κ2) is 3.82. The number of rotatable bonds is 1. The average molecular weight is 276 g/mol. The van der Waals surface area contributed by atoms with Crippen LogP contribution in [0.15, 0.2) is 34.1 Å². The van der Waals surface area contributed by atoms with Gasteiger partial charge in [0.05, 0.1) is 5.52 Å². The molecule has 0 aliphatic carbocycles. The van der Waals surface area contributed by atoms with Crippen molar-refractivity contribution in [2.24, 2.45) is 7.05 Å². The zero-order valence-corrected chi connectivity index (χ0v) is 10.2. The third-order valence-electron chi connectivity index (χ3n) is 2.38. The van der Waals surface area contributed by atoms with Gasteiger partial charge in [0.1, 0.15) is 10.7 Å². The van der Waals surface area contributed by atoms with E-state index in [0.29, 0.717) is 5.52 Å². The minimum atomic E-state index is -4.14. The van der Waals surface area contributed by atoms with Crippen LogP contribution in [-0.4, -0.2) is 13.0 Å². The maximum atomic E-state index is 13.0. The minimum Gasteiger partial charge on any atom is -0.349 e. The van der Waals surface area contributed by atoms with Crippen LogP contribution in [0.4, 0.5) is 4.39 Å². The molecule has 0 atom stereocenters. The van der Waals surface area contributed by atoms with Gasteiger partial charge >= 0.3 is 0 Å². The smallest absolute Gasteiger partial charge is 0.266 e. The zero-order valence-electron chi connectivity index (χ0n) is 8.65. The lowest BCUT2D eigenvalue weighted by molar-refractivity contribution is 0.607. The summed E-state index contributed by atoms with van der Waals surface area (Å²) in [6.45, 7) is 0. The van der Waals surface area contributed by atoms with Gasteiger partial charge in [0.25, 0.3) is 9.05 Å². The predicted molar refractivity (Wildman–Crippen MR) is 62.2 cm³/mol. The lowest BCUT2D eigenvalue weighted by Gasteiger charge is -2.06. The summed E-state index contributed by atoms with van der Waals surface area (Å²) >= 11 is 0. The molecule has 0 aliphatic heterocycles. The van der Waals surface area contributed by atoms with Crippen LogP contribution in [0.1, 0.15) is 0 Å². The fraction of sp³-hybridized carbons (Fsp3) is 0.100. The average Bonchev–Trinajstić information content (AvgIpc) is 2.21. The monoisotopic (exact) mass is 275 g/mol. The predicted octanol–water partition coefficient (Wildman–Crippen LogP) is 1.61. The molecule has 0 saturated heterocycles. The number of aryl methyl sites for hydroxylation is 1. The molecular formula is C10H7ClFNO3S. The number of aromatic nitrogens is 1. The molecule has 0 aliphatic rings. The van der Waals surface area contributed by atoms with E-state index < -0.39 is 25.2 Å². The lowest BCUT2D eigenvalue weighted by atomic mass is 10.2. The molecular weight excluding hydrogens is 269 g/mol. The Hall–Kier alpha value is -1.40. The van der Waals surface area contributed by atoms with E-state index in [9.17, 15) is 17.6 Å². The van der Waals surface area contributed by atoms with E-state index in [-0.39, 0.29) is 5.39 Å². The molecule has 2 aromatic rings. The Morgan fingerprint density at radius 2 is 2.00 bits per heavy atom. The topological polar surface area (TPSA) is 56.1 Å². The molecule has 0 N–H and O–H groups in total. The highest BCUT2D eigenvalue weighted by atomic mass is 35.7. The van der Waals surface area contributed by atoms with Crippen LogP contribution in [-0.2, 0) is 16.1 Å². The van der Waals surface area contributed by atoms with Crippen molar-refractivity contribution in [2.45, 2.75) is 4.90 Å². The summed E-state index contributed by atoms with van der Waals surface area (Å²) in [5.74, 6) is -0.612. The van der Waals surface area contributed by atoms with E-state index in [1.54, 1.807) is 7.05 Å². The standard InChI is InChI=1S/C10H7ClFNO3S/c1-13-5-9(17(11,15)16)10(14)7-4-6(12)2-3-8(7)13/h2-5H,1H3. The lowest BCUT2D eigenvalue weighted by Crippen LogP contribution is -2.15. The number of hydrogen-bond acceptors (Lipinski definition) is 3. The summed E-state index contributed by atoms with van der Waals surface area (Å²) in [6, 6.07) is 3.58. The summed E-state index contributed by atoms with van der Waals surface area (Å²) < 4.78 is 36.8. The van der Waals surface area contributed by atoms with E-state index in [4.69, 9.17) is 10.7 Å². The molecule has 0 spiro atoms. The van der Waals surface area contributed by atoms with Crippen LogP contribution >= 0.6 is 10.7 Å². The Kier molecular flexibility index (Phi) is 2.71. The van der Waals surface area contributed by atoms with Crippen LogP contribution in [0, 0.1) is 5.82 Å². The molecule has 1 aromatic heterocycles. The first-order valence-corrected chi connectivity index (χ1v) is 6.85. The Morgan fingerprint density at radius 1 is 1.35 bits per heavy atom. The number of pyridine rings is 1. The normalized spacial score (nSPS) is 11.9. The number of hydrogen-bond donors (Lipinski definition) is 0. The summed E-state index contributed by atoms with van der Waals surface area (Å²) in [7, 11) is 2.54. The van der Waals surface area contributed by atoms with Crippen molar-refractivity contribution in [2.75, 3.05) is 0 Å². The highest BCUT2D eigenvalue weighted by molar-refractivity contribution is 8.13. The van der Waals surface area contributed by atoms with Crippen LogP contribution in [0.5, 0.6) is 0 Å². The van der Waals surface area contributed by atoms with E-state index in [1.165, 1.54) is 16.7 Å². The molecule has 0 amide bonds. The largest absolute Gasteiger partial charge is 0.349 e. The fourth-order valence-electron chi connectivity index (χ4n) is 1.61. The van der Waals surface area contributed by atoms with E-state index >= 15 is 0 Å². The highest BCUT2D eigenvalue weighted by Gasteiger charge is 2.18. The maximum Gasteiger partial charge on any atom is 0.266 e. The molecule has 0 radical (unpaired) electrons. The quantitative estimate of drug-likeness (QED) is 0.743. The van der Waals surface area contributed by atoms with Crippen LogP contribution in [0.3, 0.4) is 0 Å². The molecule has 0 unspecified atom stereocenters. The zero-order chi connectivity index (χ0) is 12.8. The third-order valence-corrected chi connectivity index (χ3v) is 3.70. The SMILES string of the molecule is Cn1cc(S(=O)(=O)Cl)c(=O)c2cc(F)ccc21. The van der Waals surface area contributed by atoms with Crippen molar-refractivity contribution < 1.29 is 12.8 Å². The van der Waals surface area contributed by atoms with Crippen molar-refractivity contribution in [1.29, 1.82) is 0 Å². The number of halogens is 2. The Balaban J connectivity index is 3.04. The first kappa shape index (κ1) is 12.1. The molecule has 4 nitrogen and oxygen atoms in total. The second-order valence-corrected chi connectivity index (χ2v) is 6.07. The Labute approximate surface area is 101 Å². The van der Waals surface area contributed by atoms with Crippen molar-refractivity contribution in [3.8, 4) is 0 Å². The van der Waals surface area contributed by atoms with Crippen LogP contribution in [0.25, 0.3) is 10.9 Å². The first-order chi connectivity index (χ1) is 7.80. The van der Waals surface area contributed by atoms with Gasteiger partial charge in [-0.05, 0) is 18.2 Å². The van der Waals surface area contributed by atoms with E-state index in [1.807, 2.05) is 0 Å². The van der Waals surface area contributed by atoms with Crippen molar-refractivity contribution in [1.82, 2.24) is 4.57 Å². The van der Waals surface area contributed by atoms with Gasteiger partial charge in [0, 0.05) is 29.3 Å². The minimum absolute atomic E-state index is 0.0192. The van der Waals surface area contributed by atoms with Crippen LogP contribution in [0.2, 0.25) is 0 Å². The van der Waals surface area contributed by atoms with Crippen LogP contribution < -0.4 is 5.43 Å². The summed E-state index contributed by atoms with van der Waals surface area (Å²) in [5, 5.41) is -0.0192. The molecule has 2 rings (SSSR count). The van der Waals surface area contributed by atoms with Gasteiger partial charge in [0.15, 0.2) is 0 Å². The van der Waals surface area contributed by atoms with Crippen molar-refractivity contribution in [3.63, 3.8) is 0 Å². The van der Waals surface area contributed by atoms with E-state index in [0.717, 1.165) is 12.3 Å². The molecule has 0 fully saturated rings. The van der Waals surface area contributed by atoms with Gasteiger partial charge in [-0.25, -0.2) is 12.8 Å². The third kappa shape index (κ3) is 2.05. The summed E-state index contributed by atoms with van der Waals surface area (Å²) in [6.07, 6.45) is 1.12. The Morgan fingerprint density at radius 3 is 2.59 bits per heavy atom. The summed E-state index contributed by atoms with van der Waals surface area (Å²) in [4.78, 5) is 11.3. The molecule has 90 valence electrons. The molecule has 0 saturated carbocycles. The van der Waals surface area contributed by atoms with Gasteiger partial charge in [-0.1, -0.05) is 0 Å². The maximum absolute atomic E-state index is 13.0. The van der Waals surface area contributed by atoms with E-state index in [2.05, 4.69) is 0 Å². The number of fused-ring (bicyclic) bond motifs is 1. The van der Waals surface area contributed by atoms with Gasteiger partial charge in [0.2, 0.25) is 5.43 Å². The number of nitrogens with zero attached hydrogens (tertiary/aromatic N) is 1. The first-order valence-electron chi connectivity index (χ1n) is 4.54. The van der Waals surface area contributed by atoms with Crippen molar-refractivity contribution in [3.05, 3.63) is 40.4 Å². The van der Waals surface area contributed by atoms with Gasteiger partial charge in [-0.15, -0.1) is 0 Å². The van der Waals surface area contributed by atoms with Gasteiger partial charge in [-0.2, -0.15) is 0 Å². The molecule has 0 bridgehead atoms. The van der Waals surface area contributed by atoms with Gasteiger partial charge in [-0.3, -0.25) is 4.79 Å².